The molecule has 0 saturated carbocycles. The Morgan fingerprint density at radius 1 is 1.42 bits per heavy atom. The van der Waals surface area contributed by atoms with Crippen molar-refractivity contribution in [2.75, 3.05) is 17.5 Å². The maximum absolute atomic E-state index is 13.9. The minimum absolute atomic E-state index is 0.0945. The zero-order valence-corrected chi connectivity index (χ0v) is 13.9. The Hall–Kier alpha value is -0.140. The molecule has 1 aliphatic rings. The average molecular weight is 389 g/mol. The van der Waals surface area contributed by atoms with E-state index >= 15 is 0 Å². The summed E-state index contributed by atoms with van der Waals surface area (Å²) in [5.74, 6) is -3.41. The molecule has 112 valence electrons. The number of likely N-dealkylation sites (tertiary alicyclic amines) is 1. The maximum Gasteiger partial charge on any atom is 0.410 e. The fraction of sp³-hybridized carbons (Fsp3) is 0.923. The predicted octanol–water partition coefficient (Wildman–Crippen LogP) is 4.09. The Kier molecular flexibility index (Phi) is 5.82. The van der Waals surface area contributed by atoms with Gasteiger partial charge in [-0.1, -0.05) is 22.6 Å². The molecule has 1 atom stereocenters. The number of carbonyl (C=O) groups excluding carboxylic acids is 1. The second-order valence-corrected chi connectivity index (χ2v) is 7.04. The van der Waals surface area contributed by atoms with Crippen LogP contribution in [-0.4, -0.2) is 40.0 Å². The normalized spacial score (nSPS) is 20.7. The Balaban J connectivity index is 2.51. The average Bonchev–Trinajstić information content (AvgIpc) is 2.74. The molecule has 0 spiro atoms. The molecule has 1 rings (SSSR count). The van der Waals surface area contributed by atoms with E-state index in [1.165, 1.54) is 4.90 Å². The SMILES string of the molecule is CC(C)(C)OC(=O)N1CC[C@@H](C(F)(F)CCCI)C1. The molecule has 0 radical (unpaired) electrons. The van der Waals surface area contributed by atoms with Crippen molar-refractivity contribution in [1.29, 1.82) is 0 Å². The van der Waals surface area contributed by atoms with Gasteiger partial charge in [-0.05, 0) is 38.0 Å². The first-order valence-corrected chi connectivity index (χ1v) is 8.10. The third-order valence-corrected chi connectivity index (χ3v) is 3.84. The largest absolute Gasteiger partial charge is 0.444 e. The quantitative estimate of drug-likeness (QED) is 0.536. The highest BCUT2D eigenvalue weighted by atomic mass is 127. The van der Waals surface area contributed by atoms with E-state index < -0.39 is 23.5 Å². The van der Waals surface area contributed by atoms with Gasteiger partial charge in [-0.15, -0.1) is 0 Å². The smallest absolute Gasteiger partial charge is 0.410 e. The summed E-state index contributed by atoms with van der Waals surface area (Å²) in [6.07, 6.45) is 0.284. The number of halogens is 3. The van der Waals surface area contributed by atoms with Crippen molar-refractivity contribution >= 4 is 28.7 Å². The molecule has 0 aromatic heterocycles. The molecular weight excluding hydrogens is 367 g/mol. The Morgan fingerprint density at radius 2 is 2.05 bits per heavy atom. The molecule has 1 heterocycles. The summed E-state index contributed by atoms with van der Waals surface area (Å²) < 4.78 is 33.8. The molecule has 1 fully saturated rings. The number of amides is 1. The maximum atomic E-state index is 13.9. The zero-order chi connectivity index (χ0) is 14.7. The van der Waals surface area contributed by atoms with Crippen molar-refractivity contribution in [1.82, 2.24) is 4.90 Å². The van der Waals surface area contributed by atoms with Crippen molar-refractivity contribution in [2.24, 2.45) is 5.92 Å². The van der Waals surface area contributed by atoms with Crippen molar-refractivity contribution in [3.8, 4) is 0 Å². The van der Waals surface area contributed by atoms with E-state index in [-0.39, 0.29) is 13.0 Å². The highest BCUT2D eigenvalue weighted by Gasteiger charge is 2.44. The Labute approximate surface area is 127 Å². The van der Waals surface area contributed by atoms with E-state index in [0.717, 1.165) is 4.43 Å². The molecule has 1 amide bonds. The van der Waals surface area contributed by atoms with Crippen LogP contribution in [0.15, 0.2) is 0 Å². The van der Waals surface area contributed by atoms with Crippen molar-refractivity contribution in [3.63, 3.8) is 0 Å². The summed E-state index contributed by atoms with van der Waals surface area (Å²) in [7, 11) is 0. The number of alkyl halides is 3. The second-order valence-electron chi connectivity index (χ2n) is 5.97. The molecule has 1 saturated heterocycles. The minimum atomic E-state index is -2.68. The van der Waals surface area contributed by atoms with Gasteiger partial charge in [0.05, 0.1) is 0 Å². The standard InChI is InChI=1S/C13H22F2INO2/c1-12(2,3)19-11(18)17-8-5-10(9-17)13(14,15)6-4-7-16/h10H,4-9H2,1-3H3/t10-/m1/s1. The number of ether oxygens (including phenoxy) is 1. The van der Waals surface area contributed by atoms with Crippen LogP contribution in [0.5, 0.6) is 0 Å². The summed E-state index contributed by atoms with van der Waals surface area (Å²) in [6, 6.07) is 0. The van der Waals surface area contributed by atoms with Gasteiger partial charge in [0.2, 0.25) is 0 Å². The van der Waals surface area contributed by atoms with E-state index in [2.05, 4.69) is 22.6 Å². The summed E-state index contributed by atoms with van der Waals surface area (Å²) >= 11 is 2.10. The molecule has 19 heavy (non-hydrogen) atoms. The molecular formula is C13H22F2INO2. The fourth-order valence-electron chi connectivity index (χ4n) is 2.10. The summed E-state index contributed by atoms with van der Waals surface area (Å²) in [5.41, 5.74) is -0.584. The first-order valence-electron chi connectivity index (χ1n) is 6.57. The van der Waals surface area contributed by atoms with Gasteiger partial charge in [0, 0.05) is 25.4 Å². The van der Waals surface area contributed by atoms with Crippen LogP contribution in [0.1, 0.15) is 40.0 Å². The van der Waals surface area contributed by atoms with Crippen LogP contribution in [0.4, 0.5) is 13.6 Å². The summed E-state index contributed by atoms with van der Waals surface area (Å²) in [6.45, 7) is 5.77. The van der Waals surface area contributed by atoms with Gasteiger partial charge >= 0.3 is 6.09 Å². The lowest BCUT2D eigenvalue weighted by atomic mass is 9.97. The number of carbonyl (C=O) groups is 1. The van der Waals surface area contributed by atoms with Crippen LogP contribution in [0.3, 0.4) is 0 Å². The van der Waals surface area contributed by atoms with Gasteiger partial charge in [0.15, 0.2) is 0 Å². The minimum Gasteiger partial charge on any atom is -0.444 e. The van der Waals surface area contributed by atoms with Gasteiger partial charge in [0.25, 0.3) is 5.92 Å². The van der Waals surface area contributed by atoms with E-state index in [0.29, 0.717) is 19.4 Å². The van der Waals surface area contributed by atoms with E-state index in [1.807, 2.05) is 0 Å². The van der Waals surface area contributed by atoms with Crippen LogP contribution in [-0.2, 0) is 4.74 Å². The number of rotatable bonds is 4. The monoisotopic (exact) mass is 389 g/mol. The first kappa shape index (κ1) is 16.9. The van der Waals surface area contributed by atoms with Gasteiger partial charge < -0.3 is 9.64 Å². The number of nitrogens with zero attached hydrogens (tertiary/aromatic N) is 1. The molecule has 0 aliphatic carbocycles. The molecule has 0 unspecified atom stereocenters. The lowest BCUT2D eigenvalue weighted by Crippen LogP contribution is -2.37. The van der Waals surface area contributed by atoms with Gasteiger partial charge in [-0.25, -0.2) is 13.6 Å². The molecule has 1 aliphatic heterocycles. The van der Waals surface area contributed by atoms with E-state index in [4.69, 9.17) is 4.74 Å². The second kappa shape index (κ2) is 6.54. The molecule has 0 aromatic rings. The van der Waals surface area contributed by atoms with Crippen molar-refractivity contribution in [2.45, 2.75) is 51.6 Å². The molecule has 0 N–H and O–H groups in total. The van der Waals surface area contributed by atoms with Gasteiger partial charge in [-0.3, -0.25) is 0 Å². The first-order chi connectivity index (χ1) is 8.65. The summed E-state index contributed by atoms with van der Waals surface area (Å²) in [4.78, 5) is 13.2. The van der Waals surface area contributed by atoms with E-state index in [9.17, 15) is 13.6 Å². The van der Waals surface area contributed by atoms with Crippen molar-refractivity contribution < 1.29 is 18.3 Å². The van der Waals surface area contributed by atoms with Crippen LogP contribution >= 0.6 is 22.6 Å². The Bertz CT molecular complexity index is 318. The summed E-state index contributed by atoms with van der Waals surface area (Å²) in [5, 5.41) is 0. The molecule has 6 heteroatoms. The fourth-order valence-corrected chi connectivity index (χ4v) is 2.49. The van der Waals surface area contributed by atoms with Gasteiger partial charge in [-0.2, -0.15) is 0 Å². The molecule has 0 bridgehead atoms. The Morgan fingerprint density at radius 3 is 2.58 bits per heavy atom. The lowest BCUT2D eigenvalue weighted by molar-refractivity contribution is -0.0615. The predicted molar refractivity (Wildman–Crippen MR) is 79.0 cm³/mol. The highest BCUT2D eigenvalue weighted by Crippen LogP contribution is 2.36. The zero-order valence-electron chi connectivity index (χ0n) is 11.7. The van der Waals surface area contributed by atoms with Crippen molar-refractivity contribution in [3.05, 3.63) is 0 Å². The van der Waals surface area contributed by atoms with Gasteiger partial charge in [0.1, 0.15) is 5.60 Å². The van der Waals surface area contributed by atoms with E-state index in [1.54, 1.807) is 20.8 Å². The highest BCUT2D eigenvalue weighted by molar-refractivity contribution is 14.1. The lowest BCUT2D eigenvalue weighted by Gasteiger charge is -2.26. The molecule has 0 aromatic carbocycles. The number of hydrogen-bond donors (Lipinski definition) is 0. The number of hydrogen-bond acceptors (Lipinski definition) is 2. The van der Waals surface area contributed by atoms with Crippen LogP contribution in [0.2, 0.25) is 0 Å². The topological polar surface area (TPSA) is 29.5 Å². The third kappa shape index (κ3) is 5.39. The van der Waals surface area contributed by atoms with Crippen LogP contribution in [0.25, 0.3) is 0 Å². The molecule has 3 nitrogen and oxygen atoms in total. The van der Waals surface area contributed by atoms with Crippen LogP contribution < -0.4 is 0 Å². The van der Waals surface area contributed by atoms with Crippen LogP contribution in [0, 0.1) is 5.92 Å². The third-order valence-electron chi connectivity index (χ3n) is 3.08.